The van der Waals surface area contributed by atoms with Gasteiger partial charge >= 0.3 is 5.97 Å². The van der Waals surface area contributed by atoms with Crippen molar-refractivity contribution in [3.05, 3.63) is 70.9 Å². The summed E-state index contributed by atoms with van der Waals surface area (Å²) in [4.78, 5) is 17.6. The van der Waals surface area contributed by atoms with Crippen LogP contribution >= 0.6 is 0 Å². The molecule has 33 heavy (non-hydrogen) atoms. The van der Waals surface area contributed by atoms with Crippen molar-refractivity contribution in [2.75, 3.05) is 21.3 Å². The van der Waals surface area contributed by atoms with E-state index in [0.29, 0.717) is 28.5 Å². The average molecular weight is 439 g/mol. The van der Waals surface area contributed by atoms with Gasteiger partial charge in [0.25, 0.3) is 0 Å². The topological polar surface area (TPSA) is 66.9 Å². The molecule has 0 N–H and O–H groups in total. The molecule has 1 aliphatic carbocycles. The van der Waals surface area contributed by atoms with Gasteiger partial charge in [-0.2, -0.15) is 0 Å². The Balaban J connectivity index is 1.71. The highest BCUT2D eigenvalue weighted by molar-refractivity contribution is 6.10. The summed E-state index contributed by atoms with van der Waals surface area (Å²) in [5, 5.41) is 0.882. The quantitative estimate of drug-likeness (QED) is 0.360. The fourth-order valence-electron chi connectivity index (χ4n) is 4.94. The van der Waals surface area contributed by atoms with Crippen LogP contribution in [-0.4, -0.2) is 32.3 Å². The molecule has 2 heterocycles. The minimum atomic E-state index is -0.372. The number of fused-ring (bicyclic) bond motifs is 6. The molecule has 0 saturated carbocycles. The van der Waals surface area contributed by atoms with Gasteiger partial charge < -0.3 is 18.9 Å². The highest BCUT2D eigenvalue weighted by Gasteiger charge is 2.31. The van der Waals surface area contributed by atoms with Crippen molar-refractivity contribution in [3.8, 4) is 39.5 Å². The van der Waals surface area contributed by atoms with E-state index in [4.69, 9.17) is 23.9 Å². The van der Waals surface area contributed by atoms with Crippen LogP contribution in [0.15, 0.2) is 48.5 Å². The van der Waals surface area contributed by atoms with E-state index >= 15 is 0 Å². The number of pyridine rings is 1. The first-order chi connectivity index (χ1) is 16.1. The van der Waals surface area contributed by atoms with E-state index in [0.717, 1.165) is 39.6 Å². The summed E-state index contributed by atoms with van der Waals surface area (Å²) in [6, 6.07) is 16.5. The lowest BCUT2D eigenvalue weighted by atomic mass is 9.85. The number of hydrogen-bond acceptors (Lipinski definition) is 6. The molecule has 0 amide bonds. The second-order valence-electron chi connectivity index (χ2n) is 8.20. The van der Waals surface area contributed by atoms with Gasteiger partial charge in [0.05, 0.1) is 38.1 Å². The molecule has 0 spiro atoms. The Morgan fingerprint density at radius 1 is 0.879 bits per heavy atom. The minimum absolute atomic E-state index is 0.164. The summed E-state index contributed by atoms with van der Waals surface area (Å²) in [5.41, 5.74) is 8.32. The molecule has 6 nitrogen and oxygen atoms in total. The summed E-state index contributed by atoms with van der Waals surface area (Å²) >= 11 is 0. The Hall–Kier alpha value is -4.06. The molecule has 3 aromatic carbocycles. The number of nitrogens with zero attached hydrogens (tertiary/aromatic N) is 1. The van der Waals surface area contributed by atoms with Crippen molar-refractivity contribution in [2.45, 2.75) is 13.0 Å². The molecular formula is C27H21NO5. The highest BCUT2D eigenvalue weighted by atomic mass is 16.5. The van der Waals surface area contributed by atoms with E-state index in [2.05, 4.69) is 36.4 Å². The molecule has 2 bridgehead atoms. The van der Waals surface area contributed by atoms with E-state index in [1.54, 1.807) is 21.3 Å². The Morgan fingerprint density at radius 3 is 2.39 bits per heavy atom. The number of ether oxygens (including phenoxy) is 4. The standard InChI is InChI=1S/C27H21NO5/c1-30-22-10-17(11-23(31-2)26(22)32-3)24-19-12-18-15-6-4-5-14(7-15)8-16(18)9-20(19)28-21-13-33-27(29)25(21)24/h4-7,9-12H,8,13H2,1-3H3. The number of benzene rings is 3. The fraction of sp³-hybridized carbons (Fsp3) is 0.185. The van der Waals surface area contributed by atoms with E-state index in [-0.39, 0.29) is 12.6 Å². The van der Waals surface area contributed by atoms with Crippen LogP contribution < -0.4 is 14.2 Å². The number of hydrogen-bond donors (Lipinski definition) is 0. The second kappa shape index (κ2) is 7.24. The number of aromatic nitrogens is 1. The average Bonchev–Trinajstić information content (AvgIpc) is 3.20. The predicted molar refractivity (Wildman–Crippen MR) is 124 cm³/mol. The first kappa shape index (κ1) is 19.6. The Kier molecular flexibility index (Phi) is 4.30. The number of carbonyl (C=O) groups is 1. The lowest BCUT2D eigenvalue weighted by Gasteiger charge is -2.20. The number of methoxy groups -OCH3 is 3. The molecule has 0 saturated heterocycles. The molecule has 1 aromatic heterocycles. The first-order valence-corrected chi connectivity index (χ1v) is 10.7. The number of esters is 1. The third-order valence-electron chi connectivity index (χ3n) is 6.41. The Bertz CT molecular complexity index is 1450. The summed E-state index contributed by atoms with van der Waals surface area (Å²) in [6.45, 7) is 0.164. The zero-order chi connectivity index (χ0) is 22.7. The molecule has 0 radical (unpaired) electrons. The summed E-state index contributed by atoms with van der Waals surface area (Å²) in [7, 11) is 4.72. The van der Waals surface area contributed by atoms with Crippen molar-refractivity contribution in [1.29, 1.82) is 0 Å². The summed E-state index contributed by atoms with van der Waals surface area (Å²) in [6.07, 6.45) is 0.854. The molecule has 6 heteroatoms. The molecule has 4 aromatic rings. The van der Waals surface area contributed by atoms with Gasteiger partial charge in [-0.3, -0.25) is 0 Å². The van der Waals surface area contributed by atoms with Crippen LogP contribution in [0.25, 0.3) is 33.2 Å². The molecule has 1 aliphatic heterocycles. The van der Waals surface area contributed by atoms with E-state index in [1.807, 2.05) is 12.1 Å². The monoisotopic (exact) mass is 439 g/mol. The van der Waals surface area contributed by atoms with Crippen LogP contribution in [-0.2, 0) is 17.8 Å². The number of carbonyl (C=O) groups excluding carboxylic acids is 1. The van der Waals surface area contributed by atoms with Crippen LogP contribution in [0, 0.1) is 0 Å². The maximum Gasteiger partial charge on any atom is 0.341 e. The normalized spacial score (nSPS) is 13.4. The van der Waals surface area contributed by atoms with E-state index in [1.165, 1.54) is 11.1 Å². The maximum atomic E-state index is 12.8. The Labute approximate surface area is 190 Å². The van der Waals surface area contributed by atoms with Crippen molar-refractivity contribution in [1.82, 2.24) is 4.98 Å². The minimum Gasteiger partial charge on any atom is -0.493 e. The van der Waals surface area contributed by atoms with Gasteiger partial charge in [0.2, 0.25) is 5.75 Å². The largest absolute Gasteiger partial charge is 0.493 e. The third kappa shape index (κ3) is 2.87. The summed E-state index contributed by atoms with van der Waals surface area (Å²) < 4.78 is 22.0. The zero-order valence-electron chi connectivity index (χ0n) is 18.5. The van der Waals surface area contributed by atoms with Crippen molar-refractivity contribution in [2.24, 2.45) is 0 Å². The summed E-state index contributed by atoms with van der Waals surface area (Å²) in [5.74, 6) is 1.16. The molecule has 164 valence electrons. The molecular weight excluding hydrogens is 418 g/mol. The zero-order valence-corrected chi connectivity index (χ0v) is 18.5. The number of cyclic esters (lactones) is 1. The SMILES string of the molecule is COc1cc(-c2c3c(nc4cc5c(cc24)-c2cccc(c2)C5)COC3=O)cc(OC)c1OC. The lowest BCUT2D eigenvalue weighted by molar-refractivity contribution is 0.0534. The van der Waals surface area contributed by atoms with Gasteiger partial charge in [-0.15, -0.1) is 0 Å². The Morgan fingerprint density at radius 2 is 1.67 bits per heavy atom. The molecule has 2 aliphatic rings. The van der Waals surface area contributed by atoms with Crippen LogP contribution in [0.4, 0.5) is 0 Å². The van der Waals surface area contributed by atoms with Gasteiger partial charge in [0.1, 0.15) is 6.61 Å². The maximum absolute atomic E-state index is 12.8. The van der Waals surface area contributed by atoms with Crippen molar-refractivity contribution >= 4 is 16.9 Å². The molecule has 0 unspecified atom stereocenters. The molecule has 0 fully saturated rings. The van der Waals surface area contributed by atoms with Crippen LogP contribution in [0.3, 0.4) is 0 Å². The lowest BCUT2D eigenvalue weighted by Crippen LogP contribution is -2.04. The van der Waals surface area contributed by atoms with Crippen LogP contribution in [0.2, 0.25) is 0 Å². The van der Waals surface area contributed by atoms with Gasteiger partial charge in [-0.25, -0.2) is 9.78 Å². The first-order valence-electron chi connectivity index (χ1n) is 10.7. The van der Waals surface area contributed by atoms with Crippen molar-refractivity contribution in [3.63, 3.8) is 0 Å². The smallest absolute Gasteiger partial charge is 0.341 e. The highest BCUT2D eigenvalue weighted by Crippen LogP contribution is 2.46. The fourth-order valence-corrected chi connectivity index (χ4v) is 4.94. The van der Waals surface area contributed by atoms with Gasteiger partial charge in [0.15, 0.2) is 11.5 Å². The predicted octanol–water partition coefficient (Wildman–Crippen LogP) is 5.17. The van der Waals surface area contributed by atoms with Crippen LogP contribution in [0.5, 0.6) is 17.2 Å². The van der Waals surface area contributed by atoms with E-state index < -0.39 is 0 Å². The van der Waals surface area contributed by atoms with Crippen molar-refractivity contribution < 1.29 is 23.7 Å². The number of rotatable bonds is 4. The second-order valence-corrected chi connectivity index (χ2v) is 8.20. The van der Waals surface area contributed by atoms with Crippen LogP contribution in [0.1, 0.15) is 27.2 Å². The van der Waals surface area contributed by atoms with Gasteiger partial charge in [-0.1, -0.05) is 24.3 Å². The molecule has 0 atom stereocenters. The third-order valence-corrected chi connectivity index (χ3v) is 6.41. The van der Waals surface area contributed by atoms with Gasteiger partial charge in [0, 0.05) is 10.9 Å². The van der Waals surface area contributed by atoms with E-state index in [9.17, 15) is 4.79 Å². The van der Waals surface area contributed by atoms with Gasteiger partial charge in [-0.05, 0) is 58.5 Å². The molecule has 6 rings (SSSR count).